The number of carbonyl (C=O) groups excluding carboxylic acids is 1. The number of aryl methyl sites for hydroxylation is 2. The lowest BCUT2D eigenvalue weighted by Crippen LogP contribution is -2.20. The van der Waals surface area contributed by atoms with Crippen LogP contribution in [0.15, 0.2) is 24.3 Å². The summed E-state index contributed by atoms with van der Waals surface area (Å²) in [5, 5.41) is 12.2. The molecule has 118 valence electrons. The summed E-state index contributed by atoms with van der Waals surface area (Å²) in [6, 6.07) is 7.75. The lowest BCUT2D eigenvalue weighted by molar-refractivity contribution is -0.118. The molecule has 0 radical (unpaired) electrons. The number of ether oxygens (including phenoxy) is 1. The van der Waals surface area contributed by atoms with E-state index in [1.54, 1.807) is 0 Å². The van der Waals surface area contributed by atoms with Gasteiger partial charge in [-0.3, -0.25) is 10.1 Å². The molecule has 22 heavy (non-hydrogen) atoms. The molecular formula is C16H21N3O2S. The number of nitrogens with one attached hydrogen (secondary N) is 1. The number of nitrogens with zero attached hydrogens (tertiary/aromatic N) is 2. The highest BCUT2D eigenvalue weighted by molar-refractivity contribution is 7.15. The van der Waals surface area contributed by atoms with Gasteiger partial charge in [0.2, 0.25) is 5.13 Å². The van der Waals surface area contributed by atoms with Gasteiger partial charge >= 0.3 is 0 Å². The standard InChI is InChI=1S/C16H21N3O2S/c1-3-5-9-15-18-19-16(22-15)17-14(20)11-21-13-8-6-7-12(4-2)10-13/h6-8,10H,3-5,9,11H2,1-2H3,(H,17,19,20). The van der Waals surface area contributed by atoms with E-state index in [2.05, 4.69) is 29.4 Å². The fourth-order valence-electron chi connectivity index (χ4n) is 1.89. The molecule has 0 saturated heterocycles. The van der Waals surface area contributed by atoms with Gasteiger partial charge in [0.15, 0.2) is 6.61 Å². The molecule has 0 fully saturated rings. The second-order valence-electron chi connectivity index (χ2n) is 4.94. The van der Waals surface area contributed by atoms with Gasteiger partial charge in [0.05, 0.1) is 0 Å². The molecular weight excluding hydrogens is 298 g/mol. The Morgan fingerprint density at radius 2 is 2.18 bits per heavy atom. The van der Waals surface area contributed by atoms with Gasteiger partial charge in [-0.05, 0) is 30.5 Å². The molecule has 5 nitrogen and oxygen atoms in total. The van der Waals surface area contributed by atoms with Gasteiger partial charge in [0, 0.05) is 6.42 Å². The van der Waals surface area contributed by atoms with Crippen molar-refractivity contribution in [2.45, 2.75) is 39.5 Å². The number of anilines is 1. The molecule has 0 saturated carbocycles. The molecule has 2 aromatic rings. The van der Waals surface area contributed by atoms with Crippen molar-refractivity contribution in [2.24, 2.45) is 0 Å². The second kappa shape index (κ2) is 8.48. The van der Waals surface area contributed by atoms with E-state index in [1.165, 1.54) is 16.9 Å². The van der Waals surface area contributed by atoms with E-state index >= 15 is 0 Å². The van der Waals surface area contributed by atoms with Gasteiger partial charge in [0.1, 0.15) is 10.8 Å². The summed E-state index contributed by atoms with van der Waals surface area (Å²) in [5.41, 5.74) is 1.18. The van der Waals surface area contributed by atoms with Gasteiger partial charge in [-0.15, -0.1) is 10.2 Å². The van der Waals surface area contributed by atoms with E-state index in [4.69, 9.17) is 4.74 Å². The largest absolute Gasteiger partial charge is 0.484 e. The number of aromatic nitrogens is 2. The number of carbonyl (C=O) groups is 1. The molecule has 2 rings (SSSR count). The fourth-order valence-corrected chi connectivity index (χ4v) is 2.69. The van der Waals surface area contributed by atoms with Crippen LogP contribution in [0.25, 0.3) is 0 Å². The highest BCUT2D eigenvalue weighted by atomic mass is 32.1. The molecule has 0 bridgehead atoms. The van der Waals surface area contributed by atoms with Gasteiger partial charge in [-0.1, -0.05) is 43.7 Å². The topological polar surface area (TPSA) is 64.1 Å². The van der Waals surface area contributed by atoms with E-state index in [1.807, 2.05) is 24.3 Å². The maximum absolute atomic E-state index is 11.9. The summed E-state index contributed by atoms with van der Waals surface area (Å²) in [4.78, 5) is 11.9. The zero-order chi connectivity index (χ0) is 15.8. The predicted octanol–water partition coefficient (Wildman–Crippen LogP) is 3.46. The highest BCUT2D eigenvalue weighted by Gasteiger charge is 2.09. The lowest BCUT2D eigenvalue weighted by Gasteiger charge is -2.06. The molecule has 0 aliphatic carbocycles. The van der Waals surface area contributed by atoms with Crippen LogP contribution in [-0.4, -0.2) is 22.7 Å². The van der Waals surface area contributed by atoms with Crippen LogP contribution < -0.4 is 10.1 Å². The summed E-state index contributed by atoms with van der Waals surface area (Å²) in [7, 11) is 0. The average Bonchev–Trinajstić information content (AvgIpc) is 2.98. The maximum Gasteiger partial charge on any atom is 0.264 e. The minimum atomic E-state index is -0.222. The first kappa shape index (κ1) is 16.4. The van der Waals surface area contributed by atoms with Crippen molar-refractivity contribution in [3.8, 4) is 5.75 Å². The summed E-state index contributed by atoms with van der Waals surface area (Å²) < 4.78 is 5.50. The molecule has 1 aromatic carbocycles. The number of unbranched alkanes of at least 4 members (excludes halogenated alkanes) is 1. The summed E-state index contributed by atoms with van der Waals surface area (Å²) >= 11 is 1.42. The summed E-state index contributed by atoms with van der Waals surface area (Å²) in [6.07, 6.45) is 4.05. The third-order valence-corrected chi connectivity index (χ3v) is 4.03. The summed E-state index contributed by atoms with van der Waals surface area (Å²) in [5.74, 6) is 0.482. The van der Waals surface area contributed by atoms with Crippen LogP contribution in [0.3, 0.4) is 0 Å². The van der Waals surface area contributed by atoms with Crippen LogP contribution in [0.4, 0.5) is 5.13 Å². The number of hydrogen-bond acceptors (Lipinski definition) is 5. The zero-order valence-electron chi connectivity index (χ0n) is 13.0. The minimum Gasteiger partial charge on any atom is -0.484 e. The van der Waals surface area contributed by atoms with Crippen LogP contribution in [0.5, 0.6) is 5.75 Å². The molecule has 0 atom stereocenters. The lowest BCUT2D eigenvalue weighted by atomic mass is 10.2. The van der Waals surface area contributed by atoms with E-state index in [9.17, 15) is 4.79 Å². The fraction of sp³-hybridized carbons (Fsp3) is 0.438. The maximum atomic E-state index is 11.9. The third kappa shape index (κ3) is 5.11. The number of benzene rings is 1. The van der Waals surface area contributed by atoms with Crippen molar-refractivity contribution >= 4 is 22.4 Å². The molecule has 6 heteroatoms. The molecule has 0 aliphatic heterocycles. The van der Waals surface area contributed by atoms with E-state index in [-0.39, 0.29) is 12.5 Å². The molecule has 1 aromatic heterocycles. The Morgan fingerprint density at radius 1 is 1.32 bits per heavy atom. The van der Waals surface area contributed by atoms with Crippen molar-refractivity contribution < 1.29 is 9.53 Å². The average molecular weight is 319 g/mol. The normalized spacial score (nSPS) is 10.5. The number of amides is 1. The van der Waals surface area contributed by atoms with Crippen LogP contribution in [0.2, 0.25) is 0 Å². The Labute approximate surface area is 134 Å². The SMILES string of the molecule is CCCCc1nnc(NC(=O)COc2cccc(CC)c2)s1. The summed E-state index contributed by atoms with van der Waals surface area (Å²) in [6.45, 7) is 4.18. The Bertz CT molecular complexity index is 613. The first-order valence-corrected chi connectivity index (χ1v) is 8.37. The number of rotatable bonds is 8. The minimum absolute atomic E-state index is 0.0307. The van der Waals surface area contributed by atoms with E-state index in [0.717, 1.165) is 30.7 Å². The zero-order valence-corrected chi connectivity index (χ0v) is 13.8. The van der Waals surface area contributed by atoms with Crippen LogP contribution in [0.1, 0.15) is 37.3 Å². The molecule has 1 N–H and O–H groups in total. The van der Waals surface area contributed by atoms with Gasteiger partial charge < -0.3 is 4.74 Å². The van der Waals surface area contributed by atoms with Gasteiger partial charge in [-0.25, -0.2) is 0 Å². The second-order valence-corrected chi connectivity index (χ2v) is 6.00. The van der Waals surface area contributed by atoms with Crippen molar-refractivity contribution in [1.29, 1.82) is 0 Å². The van der Waals surface area contributed by atoms with Gasteiger partial charge in [-0.2, -0.15) is 0 Å². The van der Waals surface area contributed by atoms with Crippen molar-refractivity contribution in [3.63, 3.8) is 0 Å². The van der Waals surface area contributed by atoms with Gasteiger partial charge in [0.25, 0.3) is 5.91 Å². The first-order chi connectivity index (χ1) is 10.7. The molecule has 0 unspecified atom stereocenters. The first-order valence-electron chi connectivity index (χ1n) is 7.55. The Morgan fingerprint density at radius 3 is 2.95 bits per heavy atom. The molecule has 1 amide bonds. The monoisotopic (exact) mass is 319 g/mol. The highest BCUT2D eigenvalue weighted by Crippen LogP contribution is 2.17. The Kier molecular flexibility index (Phi) is 6.33. The van der Waals surface area contributed by atoms with E-state index in [0.29, 0.717) is 10.9 Å². The van der Waals surface area contributed by atoms with Crippen molar-refractivity contribution in [2.75, 3.05) is 11.9 Å². The molecule has 0 aliphatic rings. The van der Waals surface area contributed by atoms with E-state index < -0.39 is 0 Å². The van der Waals surface area contributed by atoms with Crippen LogP contribution in [-0.2, 0) is 17.6 Å². The number of hydrogen-bond donors (Lipinski definition) is 1. The van der Waals surface area contributed by atoms with Crippen LogP contribution in [0, 0.1) is 0 Å². The Hall–Kier alpha value is -1.95. The molecule has 1 heterocycles. The Balaban J connectivity index is 1.81. The smallest absolute Gasteiger partial charge is 0.264 e. The van der Waals surface area contributed by atoms with Crippen molar-refractivity contribution in [3.05, 3.63) is 34.8 Å². The third-order valence-electron chi connectivity index (χ3n) is 3.13. The van der Waals surface area contributed by atoms with Crippen molar-refractivity contribution in [1.82, 2.24) is 10.2 Å². The predicted molar refractivity (Wildman–Crippen MR) is 88.5 cm³/mol. The van der Waals surface area contributed by atoms with Crippen LogP contribution >= 0.6 is 11.3 Å². The molecule has 0 spiro atoms. The quantitative estimate of drug-likeness (QED) is 0.809.